The lowest BCUT2D eigenvalue weighted by atomic mass is 10.2. The maximum Gasteiger partial charge on any atom is 0.272 e. The lowest BCUT2D eigenvalue weighted by Crippen LogP contribution is -2.07. The van der Waals surface area contributed by atoms with Crippen LogP contribution in [0.4, 0.5) is 14.5 Å². The highest BCUT2D eigenvalue weighted by Gasteiger charge is 2.05. The van der Waals surface area contributed by atoms with E-state index in [-0.39, 0.29) is 0 Å². The Hall–Kier alpha value is -1.32. The second kappa shape index (κ2) is 4.07. The van der Waals surface area contributed by atoms with Crippen LogP contribution in [0.2, 0.25) is 0 Å². The zero-order chi connectivity index (χ0) is 9.84. The Labute approximate surface area is 75.3 Å². The molecule has 0 saturated heterocycles. The van der Waals surface area contributed by atoms with Gasteiger partial charge in [0.1, 0.15) is 12.4 Å². The molecule has 1 rings (SSSR count). The minimum absolute atomic E-state index is 0.417. The van der Waals surface area contributed by atoms with E-state index in [2.05, 4.69) is 0 Å². The Balaban J connectivity index is 2.70. The zero-order valence-corrected chi connectivity index (χ0v) is 7.26. The van der Waals surface area contributed by atoms with E-state index < -0.39 is 13.0 Å². The second-order valence-electron chi connectivity index (χ2n) is 2.73. The van der Waals surface area contributed by atoms with Crippen molar-refractivity contribution in [1.29, 1.82) is 0 Å². The van der Waals surface area contributed by atoms with Crippen LogP contribution in [-0.4, -0.2) is 13.0 Å². The molecule has 2 nitrogen and oxygen atoms in total. The van der Waals surface area contributed by atoms with E-state index in [1.165, 1.54) is 6.07 Å². The van der Waals surface area contributed by atoms with Crippen LogP contribution in [0.25, 0.3) is 0 Å². The van der Waals surface area contributed by atoms with Gasteiger partial charge in [0, 0.05) is 11.8 Å². The third kappa shape index (κ3) is 2.89. The minimum atomic E-state index is -2.46. The number of hydrogen-bond donors (Lipinski definition) is 1. The molecule has 0 spiro atoms. The lowest BCUT2D eigenvalue weighted by Gasteiger charge is -2.08. The average molecular weight is 187 g/mol. The van der Waals surface area contributed by atoms with E-state index in [0.29, 0.717) is 11.4 Å². The van der Waals surface area contributed by atoms with E-state index in [4.69, 9.17) is 10.5 Å². The summed E-state index contributed by atoms with van der Waals surface area (Å²) in [6.07, 6.45) is -2.46. The standard InChI is InChI=1S/C9H11F2NO/c1-6-2-3-7(12)4-8(6)13-5-9(10)11/h2-4,9H,5,12H2,1H3. The largest absolute Gasteiger partial charge is 0.487 e. The molecule has 0 aliphatic rings. The normalized spacial score (nSPS) is 10.5. The smallest absolute Gasteiger partial charge is 0.272 e. The van der Waals surface area contributed by atoms with Gasteiger partial charge >= 0.3 is 0 Å². The van der Waals surface area contributed by atoms with Crippen LogP contribution < -0.4 is 10.5 Å². The SMILES string of the molecule is Cc1ccc(N)cc1OCC(F)F. The molecule has 2 N–H and O–H groups in total. The Kier molecular flexibility index (Phi) is 3.06. The van der Waals surface area contributed by atoms with Crippen molar-refractivity contribution in [1.82, 2.24) is 0 Å². The summed E-state index contributed by atoms with van der Waals surface area (Å²) in [4.78, 5) is 0. The van der Waals surface area contributed by atoms with Crippen LogP contribution >= 0.6 is 0 Å². The first kappa shape index (κ1) is 9.77. The first-order valence-electron chi connectivity index (χ1n) is 3.86. The molecule has 0 bridgehead atoms. The third-order valence-electron chi connectivity index (χ3n) is 1.58. The van der Waals surface area contributed by atoms with Crippen LogP contribution in [0, 0.1) is 6.92 Å². The number of alkyl halides is 2. The number of nitrogens with two attached hydrogens (primary N) is 1. The monoisotopic (exact) mass is 187 g/mol. The summed E-state index contributed by atoms with van der Waals surface area (Å²) in [5, 5.41) is 0. The highest BCUT2D eigenvalue weighted by molar-refractivity contribution is 5.47. The summed E-state index contributed by atoms with van der Waals surface area (Å²) < 4.78 is 28.4. The predicted octanol–water partition coefficient (Wildman–Crippen LogP) is 2.22. The van der Waals surface area contributed by atoms with Gasteiger partial charge in [-0.2, -0.15) is 0 Å². The molecule has 1 aromatic rings. The summed E-state index contributed by atoms with van der Waals surface area (Å²) >= 11 is 0. The molecule has 0 aromatic heterocycles. The fourth-order valence-electron chi connectivity index (χ4n) is 0.925. The molecule has 4 heteroatoms. The first-order valence-corrected chi connectivity index (χ1v) is 3.86. The average Bonchev–Trinajstić information content (AvgIpc) is 2.06. The molecule has 0 unspecified atom stereocenters. The Bertz CT molecular complexity index is 289. The van der Waals surface area contributed by atoms with Crippen molar-refractivity contribution in [2.45, 2.75) is 13.3 Å². The summed E-state index contributed by atoms with van der Waals surface area (Å²) in [6, 6.07) is 4.97. The van der Waals surface area contributed by atoms with Gasteiger partial charge in [-0.05, 0) is 18.6 Å². The van der Waals surface area contributed by atoms with Gasteiger partial charge in [-0.15, -0.1) is 0 Å². The molecule has 0 radical (unpaired) electrons. The molecule has 0 fully saturated rings. The van der Waals surface area contributed by atoms with Crippen molar-refractivity contribution in [2.75, 3.05) is 12.3 Å². The minimum Gasteiger partial charge on any atom is -0.487 e. The summed E-state index contributed by atoms with van der Waals surface area (Å²) in [6.45, 7) is 1.19. The lowest BCUT2D eigenvalue weighted by molar-refractivity contribution is 0.0816. The number of anilines is 1. The van der Waals surface area contributed by atoms with Crippen molar-refractivity contribution < 1.29 is 13.5 Å². The summed E-state index contributed by atoms with van der Waals surface area (Å²) in [5.41, 5.74) is 6.78. The van der Waals surface area contributed by atoms with Crippen LogP contribution in [-0.2, 0) is 0 Å². The molecule has 72 valence electrons. The number of benzene rings is 1. The quantitative estimate of drug-likeness (QED) is 0.736. The molecule has 0 saturated carbocycles. The fraction of sp³-hybridized carbons (Fsp3) is 0.333. The molecular formula is C9H11F2NO. The van der Waals surface area contributed by atoms with Gasteiger partial charge < -0.3 is 10.5 Å². The molecule has 0 heterocycles. The Morgan fingerprint density at radius 3 is 2.77 bits per heavy atom. The van der Waals surface area contributed by atoms with Crippen molar-refractivity contribution >= 4 is 5.69 Å². The zero-order valence-electron chi connectivity index (χ0n) is 7.26. The Morgan fingerprint density at radius 2 is 2.15 bits per heavy atom. The number of aryl methyl sites for hydroxylation is 1. The van der Waals surface area contributed by atoms with E-state index in [0.717, 1.165) is 5.56 Å². The maximum atomic E-state index is 11.8. The van der Waals surface area contributed by atoms with Gasteiger partial charge in [-0.3, -0.25) is 0 Å². The molecule has 0 atom stereocenters. The van der Waals surface area contributed by atoms with Gasteiger partial charge in [-0.25, -0.2) is 8.78 Å². The Morgan fingerprint density at radius 1 is 1.46 bits per heavy atom. The molecule has 0 amide bonds. The first-order chi connectivity index (χ1) is 6.09. The second-order valence-corrected chi connectivity index (χ2v) is 2.73. The number of ether oxygens (including phenoxy) is 1. The van der Waals surface area contributed by atoms with Crippen LogP contribution in [0.1, 0.15) is 5.56 Å². The van der Waals surface area contributed by atoms with Gasteiger partial charge in [0.15, 0.2) is 0 Å². The summed E-state index contributed by atoms with van der Waals surface area (Å²) in [7, 11) is 0. The highest BCUT2D eigenvalue weighted by atomic mass is 19.3. The van der Waals surface area contributed by atoms with Crippen LogP contribution in [0.5, 0.6) is 5.75 Å². The van der Waals surface area contributed by atoms with E-state index in [9.17, 15) is 8.78 Å². The number of nitrogen functional groups attached to an aromatic ring is 1. The molecular weight excluding hydrogens is 176 g/mol. The van der Waals surface area contributed by atoms with E-state index in [1.807, 2.05) is 0 Å². The van der Waals surface area contributed by atoms with Crippen molar-refractivity contribution in [3.05, 3.63) is 23.8 Å². The van der Waals surface area contributed by atoms with Crippen LogP contribution in [0.3, 0.4) is 0 Å². The van der Waals surface area contributed by atoms with E-state index >= 15 is 0 Å². The van der Waals surface area contributed by atoms with E-state index in [1.54, 1.807) is 19.1 Å². The summed E-state index contributed by atoms with van der Waals surface area (Å²) in [5.74, 6) is 0.417. The molecule has 1 aromatic carbocycles. The topological polar surface area (TPSA) is 35.2 Å². The maximum absolute atomic E-state index is 11.8. The highest BCUT2D eigenvalue weighted by Crippen LogP contribution is 2.20. The fourth-order valence-corrected chi connectivity index (χ4v) is 0.925. The third-order valence-corrected chi connectivity index (χ3v) is 1.58. The van der Waals surface area contributed by atoms with Gasteiger partial charge in [0.05, 0.1) is 0 Å². The molecule has 0 aliphatic heterocycles. The van der Waals surface area contributed by atoms with Crippen molar-refractivity contribution in [2.24, 2.45) is 0 Å². The predicted molar refractivity (Wildman–Crippen MR) is 47.1 cm³/mol. The van der Waals surface area contributed by atoms with Crippen molar-refractivity contribution in [3.8, 4) is 5.75 Å². The van der Waals surface area contributed by atoms with Gasteiger partial charge in [0.25, 0.3) is 6.43 Å². The van der Waals surface area contributed by atoms with Gasteiger partial charge in [-0.1, -0.05) is 6.07 Å². The number of halogens is 2. The van der Waals surface area contributed by atoms with Crippen molar-refractivity contribution in [3.63, 3.8) is 0 Å². The van der Waals surface area contributed by atoms with Gasteiger partial charge in [0.2, 0.25) is 0 Å². The molecule has 13 heavy (non-hydrogen) atoms. The molecule has 0 aliphatic carbocycles. The number of rotatable bonds is 3. The number of hydrogen-bond acceptors (Lipinski definition) is 2. The van der Waals surface area contributed by atoms with Crippen LogP contribution in [0.15, 0.2) is 18.2 Å².